The second-order valence-corrected chi connectivity index (χ2v) is 12.8. The fraction of sp³-hybridized carbons (Fsp3) is 0. The Balaban J connectivity index is 1.20. The number of benzene rings is 6. The second-order valence-electron chi connectivity index (χ2n) is 12.8. The van der Waals surface area contributed by atoms with Gasteiger partial charge in [-0.15, -0.1) is 0 Å². The predicted octanol–water partition coefficient (Wildman–Crippen LogP) is 4.54. The Hall–Kier alpha value is -9.86. The molecule has 11 N–H and O–H groups in total. The number of carboxylic acids is 1. The molecule has 0 atom stereocenters. The third-order valence-electron chi connectivity index (χ3n) is 8.49. The number of aromatic hydroxyl groups is 10. The van der Waals surface area contributed by atoms with E-state index in [2.05, 4.69) is 0 Å². The van der Waals surface area contributed by atoms with Crippen molar-refractivity contribution in [1.29, 1.82) is 0 Å². The van der Waals surface area contributed by atoms with Gasteiger partial charge in [-0.05, 0) is 72.8 Å². The molecule has 64 heavy (non-hydrogen) atoms. The topological polar surface area (TPSA) is 371 Å². The number of esters is 5. The van der Waals surface area contributed by atoms with Crippen LogP contribution in [-0.2, 0) is 0 Å². The summed E-state index contributed by atoms with van der Waals surface area (Å²) in [4.78, 5) is 76.2. The Labute approximate surface area is 354 Å². The first-order valence-electron chi connectivity index (χ1n) is 17.4. The average molecular weight is 883 g/mol. The first kappa shape index (κ1) is 43.7. The summed E-state index contributed by atoms with van der Waals surface area (Å²) in [5, 5.41) is 112. The third-order valence-corrected chi connectivity index (χ3v) is 8.49. The van der Waals surface area contributed by atoms with E-state index in [1.54, 1.807) is 6.07 Å². The highest BCUT2D eigenvalue weighted by molar-refractivity contribution is 5.99. The second kappa shape index (κ2) is 17.4. The molecule has 22 heteroatoms. The largest absolute Gasteiger partial charge is 0.504 e. The van der Waals surface area contributed by atoms with Crippen LogP contribution in [0.25, 0.3) is 0 Å². The summed E-state index contributed by atoms with van der Waals surface area (Å²) in [5.74, 6) is -23.3. The van der Waals surface area contributed by atoms with Gasteiger partial charge in [0.15, 0.2) is 57.5 Å². The van der Waals surface area contributed by atoms with E-state index in [1.165, 1.54) is 24.3 Å². The molecule has 0 spiro atoms. The fourth-order valence-electron chi connectivity index (χ4n) is 5.32. The minimum atomic E-state index is -1.58. The Bertz CT molecular complexity index is 2940. The molecule has 6 rings (SSSR count). The number of ether oxygens (including phenoxy) is 5. The van der Waals surface area contributed by atoms with Crippen LogP contribution in [0.15, 0.2) is 91.0 Å². The lowest BCUT2D eigenvalue weighted by Gasteiger charge is -2.14. The molecule has 6 aromatic carbocycles. The molecule has 0 heterocycles. The van der Waals surface area contributed by atoms with Crippen LogP contribution >= 0.6 is 0 Å². The van der Waals surface area contributed by atoms with Crippen LogP contribution in [0, 0.1) is 0 Å². The van der Waals surface area contributed by atoms with Gasteiger partial charge >= 0.3 is 35.8 Å². The Morgan fingerprint density at radius 2 is 0.516 bits per heavy atom. The molecule has 0 bridgehead atoms. The molecule has 0 radical (unpaired) electrons. The first-order valence-corrected chi connectivity index (χ1v) is 17.4. The van der Waals surface area contributed by atoms with Crippen molar-refractivity contribution < 1.29 is 109 Å². The van der Waals surface area contributed by atoms with Gasteiger partial charge in [0.2, 0.25) is 28.7 Å². The van der Waals surface area contributed by atoms with E-state index in [4.69, 9.17) is 23.7 Å². The number of aromatic carboxylic acids is 1. The standard InChI is InChI=1S/C42H26O22/c43-22-6-17(37(53)54)11-27(32(22)48)61-39(56)19-8-24(45)34(50)29(13-19)63-41(58)21-10-26(47)36(52)31(15-21)64-42(59)20-9-25(46)35(51)30(14-20)62-40(57)18-7-23(44)33(49)28(12-18)60-38(55)16-4-2-1-3-5-16/h1-15,43-52H,(H,53,54). The van der Waals surface area contributed by atoms with Gasteiger partial charge in [-0.1, -0.05) is 18.2 Å². The van der Waals surface area contributed by atoms with Gasteiger partial charge in [-0.25, -0.2) is 28.8 Å². The number of carboxylic acid groups (broad SMARTS) is 1. The summed E-state index contributed by atoms with van der Waals surface area (Å²) in [6.45, 7) is 0. The SMILES string of the molecule is O=C(O)c1cc(O)c(O)c(OC(=O)c2cc(O)c(O)c(OC(=O)c3cc(O)c(O)c(OC(=O)c4cc(O)c(O)c(OC(=O)c5cc(O)c(O)c(OC(=O)c6ccccc6)c5)c4)c3)c2)c1. The zero-order chi connectivity index (χ0) is 46.7. The highest BCUT2D eigenvalue weighted by Crippen LogP contribution is 2.43. The van der Waals surface area contributed by atoms with Crippen LogP contribution < -0.4 is 23.7 Å². The predicted molar refractivity (Wildman–Crippen MR) is 207 cm³/mol. The van der Waals surface area contributed by atoms with E-state index in [-0.39, 0.29) is 5.56 Å². The third kappa shape index (κ3) is 9.14. The Kier molecular flexibility index (Phi) is 11.9. The number of rotatable bonds is 11. The molecule has 326 valence electrons. The van der Waals surface area contributed by atoms with Crippen molar-refractivity contribution in [3.8, 4) is 86.2 Å². The summed E-state index contributed by atoms with van der Waals surface area (Å²) in [6, 6.07) is 13.9. The van der Waals surface area contributed by atoms with E-state index < -0.39 is 150 Å². The minimum Gasteiger partial charge on any atom is -0.504 e. The maximum Gasteiger partial charge on any atom is 0.343 e. The zero-order valence-electron chi connectivity index (χ0n) is 31.6. The molecule has 0 saturated carbocycles. The molecular formula is C42H26O22. The summed E-state index contributed by atoms with van der Waals surface area (Å²) in [7, 11) is 0. The van der Waals surface area contributed by atoms with Crippen LogP contribution in [0.4, 0.5) is 0 Å². The molecular weight excluding hydrogens is 856 g/mol. The van der Waals surface area contributed by atoms with E-state index >= 15 is 0 Å². The first-order chi connectivity index (χ1) is 30.2. The molecule has 0 aliphatic rings. The van der Waals surface area contributed by atoms with Gasteiger partial charge in [-0.3, -0.25) is 0 Å². The van der Waals surface area contributed by atoms with Crippen molar-refractivity contribution >= 4 is 35.8 Å². The van der Waals surface area contributed by atoms with Gasteiger partial charge in [0.25, 0.3) is 0 Å². The van der Waals surface area contributed by atoms with E-state index in [0.29, 0.717) is 54.6 Å². The minimum absolute atomic E-state index is 0.0377. The number of hydrogen-bond donors (Lipinski definition) is 11. The number of carbonyl (C=O) groups is 6. The number of phenolic OH excluding ortho intramolecular Hbond substituents is 10. The molecule has 0 unspecified atom stereocenters. The smallest absolute Gasteiger partial charge is 0.343 e. The molecule has 0 aromatic heterocycles. The van der Waals surface area contributed by atoms with E-state index in [0.717, 1.165) is 6.07 Å². The monoisotopic (exact) mass is 882 g/mol. The molecule has 0 amide bonds. The summed E-state index contributed by atoms with van der Waals surface area (Å²) in [6.07, 6.45) is 0. The van der Waals surface area contributed by atoms with Crippen LogP contribution in [0.3, 0.4) is 0 Å². The van der Waals surface area contributed by atoms with Crippen molar-refractivity contribution in [2.45, 2.75) is 0 Å². The molecule has 0 aliphatic carbocycles. The van der Waals surface area contributed by atoms with Crippen molar-refractivity contribution in [2.24, 2.45) is 0 Å². The molecule has 6 aromatic rings. The normalized spacial score (nSPS) is 10.6. The zero-order valence-corrected chi connectivity index (χ0v) is 31.6. The van der Waals surface area contributed by atoms with Crippen molar-refractivity contribution in [1.82, 2.24) is 0 Å². The Morgan fingerprint density at radius 1 is 0.297 bits per heavy atom. The summed E-state index contributed by atoms with van der Waals surface area (Å²) >= 11 is 0. The van der Waals surface area contributed by atoms with E-state index in [9.17, 15) is 84.9 Å². The number of phenols is 10. The quantitative estimate of drug-likeness (QED) is 0.0483. The number of carbonyl (C=O) groups excluding carboxylic acids is 5. The highest BCUT2D eigenvalue weighted by Gasteiger charge is 2.27. The van der Waals surface area contributed by atoms with E-state index in [1.807, 2.05) is 0 Å². The van der Waals surface area contributed by atoms with Gasteiger partial charge in [-0.2, -0.15) is 0 Å². The summed E-state index contributed by atoms with van der Waals surface area (Å²) < 4.78 is 25.2. The van der Waals surface area contributed by atoms with Crippen LogP contribution in [0.2, 0.25) is 0 Å². The fourth-order valence-corrected chi connectivity index (χ4v) is 5.32. The summed E-state index contributed by atoms with van der Waals surface area (Å²) in [5.41, 5.74) is -3.27. The Morgan fingerprint density at radius 3 is 0.766 bits per heavy atom. The van der Waals surface area contributed by atoms with Crippen molar-refractivity contribution in [2.75, 3.05) is 0 Å². The lowest BCUT2D eigenvalue weighted by atomic mass is 10.1. The average Bonchev–Trinajstić information content (AvgIpc) is 3.25. The lowest BCUT2D eigenvalue weighted by molar-refractivity contribution is 0.0684. The molecule has 0 aliphatic heterocycles. The maximum absolute atomic E-state index is 13.2. The van der Waals surface area contributed by atoms with Gasteiger partial charge in [0, 0.05) is 0 Å². The van der Waals surface area contributed by atoms with Gasteiger partial charge in [0.05, 0.1) is 33.4 Å². The van der Waals surface area contributed by atoms with Crippen molar-refractivity contribution in [3.63, 3.8) is 0 Å². The van der Waals surface area contributed by atoms with Crippen LogP contribution in [-0.4, -0.2) is 92.0 Å². The van der Waals surface area contributed by atoms with Gasteiger partial charge in [0.1, 0.15) is 0 Å². The van der Waals surface area contributed by atoms with Gasteiger partial charge < -0.3 is 79.9 Å². The number of hydrogen-bond acceptors (Lipinski definition) is 21. The highest BCUT2D eigenvalue weighted by atomic mass is 16.6. The van der Waals surface area contributed by atoms with Crippen LogP contribution in [0.1, 0.15) is 62.1 Å². The lowest BCUT2D eigenvalue weighted by Crippen LogP contribution is -2.14. The molecule has 0 fully saturated rings. The van der Waals surface area contributed by atoms with Crippen molar-refractivity contribution in [3.05, 3.63) is 124 Å². The van der Waals surface area contributed by atoms with Crippen LogP contribution in [0.5, 0.6) is 86.2 Å². The maximum atomic E-state index is 13.2. The molecule has 22 nitrogen and oxygen atoms in total. The molecule has 0 saturated heterocycles.